The van der Waals surface area contributed by atoms with E-state index in [1.165, 1.54) is 21.4 Å². The van der Waals surface area contributed by atoms with Gasteiger partial charge in [-0.15, -0.1) is 11.3 Å². The Labute approximate surface area is 313 Å². The molecule has 9 aliphatic rings. The van der Waals surface area contributed by atoms with Crippen molar-refractivity contribution in [3.63, 3.8) is 0 Å². The van der Waals surface area contributed by atoms with E-state index < -0.39 is 0 Å². The maximum absolute atomic E-state index is 6.27. The van der Waals surface area contributed by atoms with Gasteiger partial charge in [-0.25, -0.2) is 0 Å². The van der Waals surface area contributed by atoms with Crippen molar-refractivity contribution >= 4 is 92.7 Å². The number of aryl methyl sites for hydroxylation is 1. The van der Waals surface area contributed by atoms with Crippen LogP contribution in [0.2, 0.25) is 0 Å². The van der Waals surface area contributed by atoms with Crippen molar-refractivity contribution < 1.29 is 4.74 Å². The highest BCUT2D eigenvalue weighted by Gasteiger charge is 2.64. The van der Waals surface area contributed by atoms with Crippen LogP contribution in [0.25, 0.3) is 81.4 Å². The minimum absolute atomic E-state index is 0.217. The van der Waals surface area contributed by atoms with Crippen molar-refractivity contribution in [3.05, 3.63) is 149 Å². The van der Waals surface area contributed by atoms with Crippen molar-refractivity contribution in [2.24, 2.45) is 5.92 Å². The maximum Gasteiger partial charge on any atom is 0.122 e. The van der Waals surface area contributed by atoms with Gasteiger partial charge in [0.2, 0.25) is 0 Å². The molecule has 248 valence electrons. The molecule has 0 N–H and O–H groups in total. The molecule has 0 bridgehead atoms. The second kappa shape index (κ2) is 7.09. The van der Waals surface area contributed by atoms with Crippen LogP contribution in [0, 0.1) is 12.8 Å². The van der Waals surface area contributed by atoms with Crippen molar-refractivity contribution in [1.82, 2.24) is 0 Å². The van der Waals surface area contributed by atoms with E-state index in [9.17, 15) is 0 Å². The molecule has 1 saturated carbocycles. The molecular formula is C52H28OS. The molecule has 4 atom stereocenters. The summed E-state index contributed by atoms with van der Waals surface area (Å²) in [6.07, 6.45) is 15.3. The molecule has 0 saturated heterocycles. The Bertz CT molecular complexity index is 3710. The van der Waals surface area contributed by atoms with E-state index >= 15 is 0 Å². The first kappa shape index (κ1) is 25.6. The van der Waals surface area contributed by atoms with Gasteiger partial charge in [-0.05, 0) is 198 Å². The molecule has 0 amide bonds. The molecule has 0 radical (unpaired) electrons. The van der Waals surface area contributed by atoms with Crippen LogP contribution in [0.3, 0.4) is 0 Å². The van der Waals surface area contributed by atoms with Crippen LogP contribution in [0.1, 0.15) is 72.9 Å². The summed E-state index contributed by atoms with van der Waals surface area (Å²) in [5.41, 5.74) is 25.0. The lowest BCUT2D eigenvalue weighted by Crippen LogP contribution is -2.41. The zero-order valence-corrected chi connectivity index (χ0v) is 30.5. The average molecular weight is 701 g/mol. The summed E-state index contributed by atoms with van der Waals surface area (Å²) in [6, 6.07) is 17.0. The number of rotatable bonds is 4. The number of hydrogen-bond donors (Lipinski definition) is 0. The van der Waals surface area contributed by atoms with Crippen molar-refractivity contribution in [3.8, 4) is 5.75 Å². The van der Waals surface area contributed by atoms with Crippen molar-refractivity contribution in [2.75, 3.05) is 7.11 Å². The molecule has 9 aliphatic carbocycles. The Kier molecular flexibility index (Phi) is 3.36. The Balaban J connectivity index is 1.19. The summed E-state index contributed by atoms with van der Waals surface area (Å²) in [6.45, 7) is 2.20. The summed E-state index contributed by atoms with van der Waals surface area (Å²) in [5.74, 6) is 1.87. The maximum atomic E-state index is 6.27. The smallest absolute Gasteiger partial charge is 0.122 e. The second-order valence-electron chi connectivity index (χ2n) is 18.5. The van der Waals surface area contributed by atoms with E-state index in [1.54, 1.807) is 137 Å². The van der Waals surface area contributed by atoms with Crippen LogP contribution in [-0.2, 0) is 30.1 Å². The van der Waals surface area contributed by atoms with Gasteiger partial charge in [-0.2, -0.15) is 0 Å². The summed E-state index contributed by atoms with van der Waals surface area (Å²) in [5, 5.41) is 21.6. The summed E-state index contributed by atoms with van der Waals surface area (Å²) < 4.78 is 6.27. The molecule has 18 rings (SSSR count). The van der Waals surface area contributed by atoms with E-state index in [4.69, 9.17) is 4.74 Å². The molecule has 1 nitrogen and oxygen atoms in total. The Morgan fingerprint density at radius 1 is 0.722 bits per heavy atom. The predicted octanol–water partition coefficient (Wildman–Crippen LogP) is 12.2. The zero-order chi connectivity index (χ0) is 34.2. The Morgan fingerprint density at radius 2 is 1.50 bits per heavy atom. The third-order valence-corrected chi connectivity index (χ3v) is 17.8. The van der Waals surface area contributed by atoms with E-state index in [1.807, 2.05) is 18.4 Å². The number of hydrogen-bond acceptors (Lipinski definition) is 2. The summed E-state index contributed by atoms with van der Waals surface area (Å²) in [4.78, 5) is 1.48. The van der Waals surface area contributed by atoms with Crippen molar-refractivity contribution in [2.45, 2.75) is 49.4 Å². The largest absolute Gasteiger partial charge is 0.496 e. The molecule has 1 aromatic heterocycles. The fourth-order valence-corrected chi connectivity index (χ4v) is 16.5. The minimum atomic E-state index is -0.270. The van der Waals surface area contributed by atoms with Gasteiger partial charge in [0.15, 0.2) is 0 Å². The first-order chi connectivity index (χ1) is 26.6. The standard InChI is InChI=1S/C52H28OS/c1-19-5-6-20(29(8-19)53-2)17-52-28-15-26-13-24-11-22-9-21-10-23-12-25-14-27-16-51(18-28,30-4-3-7-54-30)49-46-36(27)33(25)38-34(23)37-31(21)32(22)39-35(24)45(48(26)52)43-42(39)40(37)41(38)44(46)47(43)50(49)52/h3-8,10-13,16,18,24,35H,9,14-15,17H2,1-2H3. The fourth-order valence-electron chi connectivity index (χ4n) is 15.6. The van der Waals surface area contributed by atoms with Gasteiger partial charge >= 0.3 is 0 Å². The lowest BCUT2D eigenvalue weighted by atomic mass is 9.54. The highest BCUT2D eigenvalue weighted by atomic mass is 32.1. The van der Waals surface area contributed by atoms with Crippen LogP contribution in [-0.4, -0.2) is 7.11 Å². The SMILES string of the molecule is COc1cc(C)ccc1CC12C3=CC4(c5cccs5)C=C5Cc6cc7cc8c9c%10c%11c%12c(c%13c1c4c1c5c6c4c7c9c%12c4c1%13)C1=C2C(=CC(C=C%10C8)C1%11)C3. The molecule has 9 aromatic rings. The van der Waals surface area contributed by atoms with E-state index in [2.05, 4.69) is 79.1 Å². The van der Waals surface area contributed by atoms with Crippen molar-refractivity contribution in [1.29, 1.82) is 0 Å². The van der Waals surface area contributed by atoms with E-state index in [0.717, 1.165) is 31.4 Å². The monoisotopic (exact) mass is 700 g/mol. The third-order valence-electron chi connectivity index (χ3n) is 16.8. The number of methoxy groups -OCH3 is 1. The number of thiophene rings is 1. The zero-order valence-electron chi connectivity index (χ0n) is 29.7. The molecule has 2 heteroatoms. The summed E-state index contributed by atoms with van der Waals surface area (Å²) >= 11 is 1.97. The van der Waals surface area contributed by atoms with Gasteiger partial charge in [-0.3, -0.25) is 0 Å². The molecule has 1 fully saturated rings. The second-order valence-corrected chi connectivity index (χ2v) is 19.5. The quantitative estimate of drug-likeness (QED) is 0.131. The normalized spacial score (nSPS) is 27.4. The first-order valence-electron chi connectivity index (χ1n) is 20.0. The molecule has 8 aromatic carbocycles. The minimum Gasteiger partial charge on any atom is -0.496 e. The van der Waals surface area contributed by atoms with Crippen LogP contribution < -0.4 is 4.74 Å². The van der Waals surface area contributed by atoms with Gasteiger partial charge in [0.1, 0.15) is 5.75 Å². The molecular weight excluding hydrogens is 673 g/mol. The molecule has 4 unspecified atom stereocenters. The molecule has 54 heavy (non-hydrogen) atoms. The first-order valence-corrected chi connectivity index (χ1v) is 20.9. The number of benzene rings is 6. The Hall–Kier alpha value is -5.44. The van der Waals surface area contributed by atoms with Gasteiger partial charge < -0.3 is 4.74 Å². The molecule has 0 aliphatic heterocycles. The average Bonchev–Trinajstić information content (AvgIpc) is 4.02. The van der Waals surface area contributed by atoms with E-state index in [-0.39, 0.29) is 10.8 Å². The number of allylic oxidation sites excluding steroid dienone is 10. The Morgan fingerprint density at radius 3 is 2.35 bits per heavy atom. The lowest BCUT2D eigenvalue weighted by Gasteiger charge is -2.48. The predicted molar refractivity (Wildman–Crippen MR) is 222 cm³/mol. The lowest BCUT2D eigenvalue weighted by molar-refractivity contribution is 0.405. The highest BCUT2D eigenvalue weighted by molar-refractivity contribution is 7.10. The third kappa shape index (κ3) is 2.04. The van der Waals surface area contributed by atoms with E-state index in [0.29, 0.717) is 11.8 Å². The summed E-state index contributed by atoms with van der Waals surface area (Å²) in [7, 11) is 1.88. The number of ether oxygens (including phenoxy) is 1. The van der Waals surface area contributed by atoms with Crippen LogP contribution in [0.4, 0.5) is 0 Å². The topological polar surface area (TPSA) is 9.23 Å². The van der Waals surface area contributed by atoms with Crippen LogP contribution in [0.15, 0.2) is 88.9 Å². The van der Waals surface area contributed by atoms with Crippen LogP contribution >= 0.6 is 11.3 Å². The molecule has 1 heterocycles. The van der Waals surface area contributed by atoms with Gasteiger partial charge in [-0.1, -0.05) is 60.2 Å². The molecule has 0 spiro atoms. The highest BCUT2D eigenvalue weighted by Crippen LogP contribution is 2.78. The van der Waals surface area contributed by atoms with Gasteiger partial charge in [0.25, 0.3) is 0 Å². The van der Waals surface area contributed by atoms with Crippen LogP contribution in [0.5, 0.6) is 5.75 Å². The van der Waals surface area contributed by atoms with Gasteiger partial charge in [0, 0.05) is 22.1 Å². The fraction of sp³-hybridized carbons (Fsp3) is 0.192. The van der Waals surface area contributed by atoms with Gasteiger partial charge in [0.05, 0.1) is 12.5 Å².